The lowest BCUT2D eigenvalue weighted by atomic mass is 9.84. The van der Waals surface area contributed by atoms with Gasteiger partial charge in [-0.15, -0.1) is 0 Å². The first kappa shape index (κ1) is 15.4. The number of ether oxygens (including phenoxy) is 1. The van der Waals surface area contributed by atoms with Gasteiger partial charge < -0.3 is 15.8 Å². The molecule has 1 amide bonds. The topological polar surface area (TPSA) is 64.3 Å². The second kappa shape index (κ2) is 6.52. The number of benzene rings is 1. The highest BCUT2D eigenvalue weighted by Crippen LogP contribution is 2.27. The van der Waals surface area contributed by atoms with Crippen molar-refractivity contribution in [1.82, 2.24) is 5.32 Å². The Labute approximate surface area is 113 Å². The van der Waals surface area contributed by atoms with E-state index in [9.17, 15) is 9.18 Å². The molecular weight excluding hydrogens is 247 g/mol. The molecule has 4 nitrogen and oxygen atoms in total. The third-order valence-electron chi connectivity index (χ3n) is 3.03. The molecule has 19 heavy (non-hydrogen) atoms. The number of amides is 1. The zero-order chi connectivity index (χ0) is 14.5. The summed E-state index contributed by atoms with van der Waals surface area (Å²) in [5.41, 5.74) is 5.75. The van der Waals surface area contributed by atoms with Gasteiger partial charge in [-0.05, 0) is 17.7 Å². The molecule has 0 atom stereocenters. The standard InChI is InChI=1S/C14H21FN2O2/c1-14(2,9-17-13(18)6-7-16)10-4-5-12(19-3)11(15)8-10/h4-5,8H,6-7,9,16H2,1-3H3,(H,17,18). The molecule has 0 bridgehead atoms. The summed E-state index contributed by atoms with van der Waals surface area (Å²) in [6.07, 6.45) is 0.299. The maximum Gasteiger partial charge on any atom is 0.221 e. The summed E-state index contributed by atoms with van der Waals surface area (Å²) >= 11 is 0. The molecule has 0 saturated heterocycles. The highest BCUT2D eigenvalue weighted by Gasteiger charge is 2.22. The van der Waals surface area contributed by atoms with Crippen molar-refractivity contribution >= 4 is 5.91 Å². The van der Waals surface area contributed by atoms with Crippen LogP contribution >= 0.6 is 0 Å². The average molecular weight is 268 g/mol. The number of carbonyl (C=O) groups is 1. The van der Waals surface area contributed by atoms with Gasteiger partial charge in [-0.1, -0.05) is 19.9 Å². The van der Waals surface area contributed by atoms with Crippen molar-refractivity contribution in [1.29, 1.82) is 0 Å². The monoisotopic (exact) mass is 268 g/mol. The van der Waals surface area contributed by atoms with Crippen molar-refractivity contribution in [3.63, 3.8) is 0 Å². The van der Waals surface area contributed by atoms with E-state index >= 15 is 0 Å². The minimum atomic E-state index is -0.402. The second-order valence-electron chi connectivity index (χ2n) is 5.05. The molecule has 1 rings (SSSR count). The average Bonchev–Trinajstić information content (AvgIpc) is 2.37. The Bertz CT molecular complexity index is 447. The van der Waals surface area contributed by atoms with Crippen LogP contribution in [0.5, 0.6) is 5.75 Å². The summed E-state index contributed by atoms with van der Waals surface area (Å²) < 4.78 is 18.6. The lowest BCUT2D eigenvalue weighted by molar-refractivity contribution is -0.121. The third-order valence-corrected chi connectivity index (χ3v) is 3.03. The van der Waals surface area contributed by atoms with Crippen LogP contribution < -0.4 is 15.8 Å². The first-order valence-electron chi connectivity index (χ1n) is 6.21. The number of methoxy groups -OCH3 is 1. The van der Waals surface area contributed by atoms with Gasteiger partial charge in [0.15, 0.2) is 11.6 Å². The van der Waals surface area contributed by atoms with Crippen LogP contribution in [-0.2, 0) is 10.2 Å². The molecule has 0 aliphatic carbocycles. The summed E-state index contributed by atoms with van der Waals surface area (Å²) in [5.74, 6) is -0.280. The summed E-state index contributed by atoms with van der Waals surface area (Å²) in [6.45, 7) is 4.63. The van der Waals surface area contributed by atoms with Crippen LogP contribution in [0, 0.1) is 5.82 Å². The van der Waals surface area contributed by atoms with E-state index in [4.69, 9.17) is 10.5 Å². The first-order chi connectivity index (χ1) is 8.90. The summed E-state index contributed by atoms with van der Waals surface area (Å²) in [4.78, 5) is 11.4. The van der Waals surface area contributed by atoms with Crippen LogP contribution in [0.4, 0.5) is 4.39 Å². The Morgan fingerprint density at radius 2 is 2.16 bits per heavy atom. The minimum Gasteiger partial charge on any atom is -0.494 e. The van der Waals surface area contributed by atoms with Gasteiger partial charge in [0, 0.05) is 24.9 Å². The van der Waals surface area contributed by atoms with E-state index in [0.717, 1.165) is 5.56 Å². The molecule has 1 aromatic carbocycles. The molecule has 5 heteroatoms. The molecule has 0 aliphatic heterocycles. The maximum absolute atomic E-state index is 13.7. The molecular formula is C14H21FN2O2. The Balaban J connectivity index is 2.76. The number of hydrogen-bond acceptors (Lipinski definition) is 3. The summed E-state index contributed by atoms with van der Waals surface area (Å²) in [6, 6.07) is 4.83. The van der Waals surface area contributed by atoms with E-state index in [1.165, 1.54) is 13.2 Å². The van der Waals surface area contributed by atoms with Gasteiger partial charge in [-0.25, -0.2) is 4.39 Å². The predicted molar refractivity (Wildman–Crippen MR) is 72.7 cm³/mol. The van der Waals surface area contributed by atoms with E-state index in [2.05, 4.69) is 5.32 Å². The van der Waals surface area contributed by atoms with Crippen molar-refractivity contribution in [2.75, 3.05) is 20.2 Å². The van der Waals surface area contributed by atoms with Crippen LogP contribution in [0.1, 0.15) is 25.8 Å². The van der Waals surface area contributed by atoms with Crippen LogP contribution in [0.2, 0.25) is 0 Å². The molecule has 0 radical (unpaired) electrons. The summed E-state index contributed by atoms with van der Waals surface area (Å²) in [7, 11) is 1.43. The second-order valence-corrected chi connectivity index (χ2v) is 5.05. The number of nitrogens with two attached hydrogens (primary N) is 1. The zero-order valence-electron chi connectivity index (χ0n) is 11.6. The molecule has 0 fully saturated rings. The number of rotatable bonds is 6. The fourth-order valence-corrected chi connectivity index (χ4v) is 1.73. The van der Waals surface area contributed by atoms with Crippen molar-refractivity contribution < 1.29 is 13.9 Å². The van der Waals surface area contributed by atoms with Gasteiger partial charge in [0.2, 0.25) is 5.91 Å². The van der Waals surface area contributed by atoms with Crippen molar-refractivity contribution in [2.24, 2.45) is 5.73 Å². The smallest absolute Gasteiger partial charge is 0.221 e. The van der Waals surface area contributed by atoms with Crippen LogP contribution in [0.15, 0.2) is 18.2 Å². The number of carbonyl (C=O) groups excluding carboxylic acids is 1. The van der Waals surface area contributed by atoms with E-state index < -0.39 is 5.82 Å². The Hall–Kier alpha value is -1.62. The summed E-state index contributed by atoms with van der Waals surface area (Å²) in [5, 5.41) is 2.80. The molecule has 0 spiro atoms. The lowest BCUT2D eigenvalue weighted by Gasteiger charge is -2.26. The molecule has 0 aromatic heterocycles. The molecule has 1 aromatic rings. The number of halogens is 1. The number of hydrogen-bond donors (Lipinski definition) is 2. The first-order valence-corrected chi connectivity index (χ1v) is 6.21. The van der Waals surface area contributed by atoms with E-state index in [0.29, 0.717) is 19.5 Å². The Morgan fingerprint density at radius 3 is 2.68 bits per heavy atom. The molecule has 3 N–H and O–H groups in total. The van der Waals surface area contributed by atoms with Crippen molar-refractivity contribution in [3.8, 4) is 5.75 Å². The van der Waals surface area contributed by atoms with Gasteiger partial charge in [0.05, 0.1) is 7.11 Å². The van der Waals surface area contributed by atoms with Gasteiger partial charge in [-0.3, -0.25) is 4.79 Å². The van der Waals surface area contributed by atoms with Crippen molar-refractivity contribution in [2.45, 2.75) is 25.7 Å². The minimum absolute atomic E-state index is 0.0930. The zero-order valence-corrected chi connectivity index (χ0v) is 11.6. The molecule has 0 saturated carbocycles. The fraction of sp³-hybridized carbons (Fsp3) is 0.500. The SMILES string of the molecule is COc1ccc(C(C)(C)CNC(=O)CCN)cc1F. The van der Waals surface area contributed by atoms with E-state index in [1.807, 2.05) is 13.8 Å². The van der Waals surface area contributed by atoms with Crippen LogP contribution in [0.3, 0.4) is 0 Å². The highest BCUT2D eigenvalue weighted by molar-refractivity contribution is 5.76. The number of nitrogens with one attached hydrogen (secondary N) is 1. The van der Waals surface area contributed by atoms with Gasteiger partial charge in [-0.2, -0.15) is 0 Å². The largest absolute Gasteiger partial charge is 0.494 e. The Kier molecular flexibility index (Phi) is 5.30. The molecule has 0 aliphatic rings. The Morgan fingerprint density at radius 1 is 1.47 bits per heavy atom. The van der Waals surface area contributed by atoms with Crippen LogP contribution in [-0.4, -0.2) is 26.1 Å². The van der Waals surface area contributed by atoms with E-state index in [-0.39, 0.29) is 17.1 Å². The molecule has 0 unspecified atom stereocenters. The van der Waals surface area contributed by atoms with E-state index in [1.54, 1.807) is 12.1 Å². The predicted octanol–water partition coefficient (Wildman–Crippen LogP) is 1.58. The van der Waals surface area contributed by atoms with Gasteiger partial charge in [0.25, 0.3) is 0 Å². The normalized spacial score (nSPS) is 11.2. The quantitative estimate of drug-likeness (QED) is 0.823. The molecule has 106 valence electrons. The van der Waals surface area contributed by atoms with Crippen LogP contribution in [0.25, 0.3) is 0 Å². The fourth-order valence-electron chi connectivity index (χ4n) is 1.73. The highest BCUT2D eigenvalue weighted by atomic mass is 19.1. The maximum atomic E-state index is 13.7. The van der Waals surface area contributed by atoms with Gasteiger partial charge >= 0.3 is 0 Å². The third kappa shape index (κ3) is 4.21. The van der Waals surface area contributed by atoms with Gasteiger partial charge in [0.1, 0.15) is 0 Å². The molecule has 0 heterocycles. The lowest BCUT2D eigenvalue weighted by Crippen LogP contribution is -2.37. The van der Waals surface area contributed by atoms with Crippen molar-refractivity contribution in [3.05, 3.63) is 29.6 Å².